The first-order chi connectivity index (χ1) is 10.1. The normalized spacial score (nSPS) is 10.6. The minimum Gasteiger partial charge on any atom is -0.504 e. The highest BCUT2D eigenvalue weighted by Crippen LogP contribution is 2.27. The molecule has 5 nitrogen and oxygen atoms in total. The molecule has 1 amide bonds. The van der Waals surface area contributed by atoms with Gasteiger partial charge in [-0.3, -0.25) is 4.79 Å². The van der Waals surface area contributed by atoms with Crippen LogP contribution in [0.3, 0.4) is 0 Å². The number of nitrogens with one attached hydrogen (secondary N) is 1. The molecule has 0 unspecified atom stereocenters. The lowest BCUT2D eigenvalue weighted by Gasteiger charge is -2.05. The van der Waals surface area contributed by atoms with Crippen LogP contribution in [0.2, 0.25) is 5.02 Å². The average Bonchev–Trinajstić information content (AvgIpc) is 2.49. The predicted octanol–water partition coefficient (Wildman–Crippen LogP) is 2.82. The number of hydrogen-bond acceptors (Lipinski definition) is 4. The molecule has 0 saturated heterocycles. The van der Waals surface area contributed by atoms with Crippen molar-refractivity contribution in [1.29, 1.82) is 0 Å². The van der Waals surface area contributed by atoms with Crippen molar-refractivity contribution < 1.29 is 14.6 Å². The number of methoxy groups -OCH3 is 1. The SMILES string of the molecule is COc1cccc(/C=N\NC(=O)c2ccccc2Cl)c1O. The molecule has 0 aliphatic rings. The molecule has 0 bridgehead atoms. The van der Waals surface area contributed by atoms with E-state index in [9.17, 15) is 9.90 Å². The zero-order valence-electron chi connectivity index (χ0n) is 11.2. The molecule has 108 valence electrons. The Morgan fingerprint density at radius 3 is 2.76 bits per heavy atom. The third kappa shape index (κ3) is 3.52. The average molecular weight is 305 g/mol. The van der Waals surface area contributed by atoms with E-state index in [1.807, 2.05) is 0 Å². The maximum atomic E-state index is 11.9. The van der Waals surface area contributed by atoms with Crippen molar-refractivity contribution in [2.75, 3.05) is 7.11 Å². The zero-order chi connectivity index (χ0) is 15.2. The third-order valence-electron chi connectivity index (χ3n) is 2.74. The van der Waals surface area contributed by atoms with Crippen molar-refractivity contribution >= 4 is 23.7 Å². The number of phenols is 1. The summed E-state index contributed by atoms with van der Waals surface area (Å²) in [7, 11) is 1.45. The Kier molecular flexibility index (Phi) is 4.79. The van der Waals surface area contributed by atoms with E-state index in [1.165, 1.54) is 13.3 Å². The molecule has 6 heteroatoms. The number of ether oxygens (including phenoxy) is 1. The van der Waals surface area contributed by atoms with E-state index < -0.39 is 5.91 Å². The molecule has 0 atom stereocenters. The van der Waals surface area contributed by atoms with Crippen LogP contribution in [0.5, 0.6) is 11.5 Å². The van der Waals surface area contributed by atoms with Crippen LogP contribution in [0, 0.1) is 0 Å². The summed E-state index contributed by atoms with van der Waals surface area (Å²) in [6.07, 6.45) is 1.33. The van der Waals surface area contributed by atoms with Crippen molar-refractivity contribution in [3.05, 3.63) is 58.6 Å². The Bertz CT molecular complexity index is 686. The van der Waals surface area contributed by atoms with Gasteiger partial charge in [0, 0.05) is 5.56 Å². The second-order valence-electron chi connectivity index (χ2n) is 4.08. The van der Waals surface area contributed by atoms with Crippen LogP contribution in [0.15, 0.2) is 47.6 Å². The predicted molar refractivity (Wildman–Crippen MR) is 81.2 cm³/mol. The molecule has 2 N–H and O–H groups in total. The summed E-state index contributed by atoms with van der Waals surface area (Å²) in [5.41, 5.74) is 3.10. The van der Waals surface area contributed by atoms with Crippen LogP contribution in [-0.4, -0.2) is 24.3 Å². The highest BCUT2D eigenvalue weighted by Gasteiger charge is 2.08. The molecule has 0 aliphatic heterocycles. The minimum atomic E-state index is -0.431. The summed E-state index contributed by atoms with van der Waals surface area (Å²) in [6, 6.07) is 11.6. The molecule has 0 radical (unpaired) electrons. The molecule has 21 heavy (non-hydrogen) atoms. The number of phenolic OH excluding ortho intramolecular Hbond substituents is 1. The van der Waals surface area contributed by atoms with Gasteiger partial charge in [-0.2, -0.15) is 5.10 Å². The molecule has 0 saturated carbocycles. The molecule has 2 aromatic carbocycles. The molecular weight excluding hydrogens is 292 g/mol. The zero-order valence-corrected chi connectivity index (χ0v) is 12.0. The van der Waals surface area contributed by atoms with Gasteiger partial charge in [0.05, 0.1) is 23.9 Å². The monoisotopic (exact) mass is 304 g/mol. The number of hydrazone groups is 1. The van der Waals surface area contributed by atoms with Crippen molar-refractivity contribution in [2.45, 2.75) is 0 Å². The lowest BCUT2D eigenvalue weighted by Crippen LogP contribution is -2.17. The number of nitrogens with zero attached hydrogens (tertiary/aromatic N) is 1. The van der Waals surface area contributed by atoms with Gasteiger partial charge >= 0.3 is 0 Å². The number of rotatable bonds is 4. The lowest BCUT2D eigenvalue weighted by molar-refractivity contribution is 0.0955. The van der Waals surface area contributed by atoms with Gasteiger partial charge in [0.1, 0.15) is 0 Å². The van der Waals surface area contributed by atoms with E-state index in [2.05, 4.69) is 10.5 Å². The van der Waals surface area contributed by atoms with Gasteiger partial charge in [0.15, 0.2) is 11.5 Å². The van der Waals surface area contributed by atoms with Gasteiger partial charge in [-0.05, 0) is 24.3 Å². The van der Waals surface area contributed by atoms with Gasteiger partial charge in [-0.15, -0.1) is 0 Å². The van der Waals surface area contributed by atoms with Crippen LogP contribution < -0.4 is 10.2 Å². The Morgan fingerprint density at radius 1 is 1.29 bits per heavy atom. The molecule has 0 fully saturated rings. The summed E-state index contributed by atoms with van der Waals surface area (Å²) in [6.45, 7) is 0. The summed E-state index contributed by atoms with van der Waals surface area (Å²) >= 11 is 5.91. The molecule has 0 aliphatic carbocycles. The molecule has 0 spiro atoms. The number of hydrogen-bond donors (Lipinski definition) is 2. The number of benzene rings is 2. The Hall–Kier alpha value is -2.53. The highest BCUT2D eigenvalue weighted by atomic mass is 35.5. The number of amides is 1. The van der Waals surface area contributed by atoms with Gasteiger partial charge in [0.2, 0.25) is 0 Å². The Labute approximate surface area is 126 Å². The van der Waals surface area contributed by atoms with E-state index in [-0.39, 0.29) is 5.75 Å². The van der Waals surface area contributed by atoms with Crippen molar-refractivity contribution in [2.24, 2.45) is 5.10 Å². The lowest BCUT2D eigenvalue weighted by atomic mass is 10.2. The fourth-order valence-corrected chi connectivity index (χ4v) is 1.90. The van der Waals surface area contributed by atoms with Gasteiger partial charge in [0.25, 0.3) is 5.91 Å². The summed E-state index contributed by atoms with van der Waals surface area (Å²) < 4.78 is 4.98. The van der Waals surface area contributed by atoms with Gasteiger partial charge < -0.3 is 9.84 Å². The van der Waals surface area contributed by atoms with Crippen molar-refractivity contribution in [1.82, 2.24) is 5.43 Å². The van der Waals surface area contributed by atoms with Crippen LogP contribution in [0.1, 0.15) is 15.9 Å². The van der Waals surface area contributed by atoms with Crippen LogP contribution in [0.25, 0.3) is 0 Å². The van der Waals surface area contributed by atoms with E-state index in [1.54, 1.807) is 42.5 Å². The Balaban J connectivity index is 2.10. The summed E-state index contributed by atoms with van der Waals surface area (Å²) in [5, 5.41) is 14.0. The largest absolute Gasteiger partial charge is 0.504 e. The number of carbonyl (C=O) groups is 1. The van der Waals surface area contributed by atoms with Crippen molar-refractivity contribution in [3.8, 4) is 11.5 Å². The van der Waals surface area contributed by atoms with E-state index >= 15 is 0 Å². The minimum absolute atomic E-state index is 0.0456. The first-order valence-corrected chi connectivity index (χ1v) is 6.45. The third-order valence-corrected chi connectivity index (χ3v) is 3.07. The summed E-state index contributed by atoms with van der Waals surface area (Å²) in [4.78, 5) is 11.9. The fourth-order valence-electron chi connectivity index (χ4n) is 1.67. The maximum absolute atomic E-state index is 11.9. The second kappa shape index (κ2) is 6.76. The first-order valence-electron chi connectivity index (χ1n) is 6.07. The first kappa shape index (κ1) is 14.9. The highest BCUT2D eigenvalue weighted by molar-refractivity contribution is 6.33. The fraction of sp³-hybridized carbons (Fsp3) is 0.0667. The van der Waals surface area contributed by atoms with Crippen LogP contribution in [0.4, 0.5) is 0 Å². The number of para-hydroxylation sites is 1. The van der Waals surface area contributed by atoms with Gasteiger partial charge in [-0.25, -0.2) is 5.43 Å². The number of carbonyl (C=O) groups excluding carboxylic acids is 1. The van der Waals surface area contributed by atoms with Crippen LogP contribution >= 0.6 is 11.6 Å². The van der Waals surface area contributed by atoms with E-state index in [0.717, 1.165) is 0 Å². The standard InChI is InChI=1S/C15H13ClN2O3/c1-21-13-8-4-5-10(14(13)19)9-17-18-15(20)11-6-2-3-7-12(11)16/h2-9,19H,1H3,(H,18,20)/b17-9-. The molecule has 2 rings (SSSR count). The Morgan fingerprint density at radius 2 is 2.05 bits per heavy atom. The van der Waals surface area contributed by atoms with E-state index in [4.69, 9.17) is 16.3 Å². The number of aromatic hydroxyl groups is 1. The molecule has 0 aromatic heterocycles. The van der Waals surface area contributed by atoms with Crippen molar-refractivity contribution in [3.63, 3.8) is 0 Å². The molecule has 0 heterocycles. The molecular formula is C15H13ClN2O3. The van der Waals surface area contributed by atoms with Gasteiger partial charge in [-0.1, -0.05) is 29.8 Å². The van der Waals surface area contributed by atoms with E-state index in [0.29, 0.717) is 21.9 Å². The summed E-state index contributed by atoms with van der Waals surface area (Å²) in [5.74, 6) is -0.147. The van der Waals surface area contributed by atoms with Crippen LogP contribution in [-0.2, 0) is 0 Å². The molecule has 2 aromatic rings. The smallest absolute Gasteiger partial charge is 0.272 e. The number of halogens is 1. The second-order valence-corrected chi connectivity index (χ2v) is 4.48. The topological polar surface area (TPSA) is 70.9 Å². The maximum Gasteiger partial charge on any atom is 0.272 e. The quantitative estimate of drug-likeness (QED) is 0.674.